The van der Waals surface area contributed by atoms with Gasteiger partial charge in [-0.2, -0.15) is 0 Å². The first-order valence-corrected chi connectivity index (χ1v) is 9.80. The molecule has 3 aromatic rings. The van der Waals surface area contributed by atoms with E-state index in [1.807, 2.05) is 60.7 Å². The van der Waals surface area contributed by atoms with Gasteiger partial charge < -0.3 is 9.47 Å². The fourth-order valence-corrected chi connectivity index (χ4v) is 3.87. The minimum atomic E-state index is -0.102. The van der Waals surface area contributed by atoms with Crippen molar-refractivity contribution in [2.24, 2.45) is 0 Å². The highest BCUT2D eigenvalue weighted by molar-refractivity contribution is 6.31. The molecule has 0 unspecified atom stereocenters. The van der Waals surface area contributed by atoms with E-state index in [4.69, 9.17) is 21.1 Å². The molecule has 3 aromatic carbocycles. The summed E-state index contributed by atoms with van der Waals surface area (Å²) in [6.45, 7) is 1.73. The number of rotatable bonds is 3. The molecule has 0 amide bonds. The van der Waals surface area contributed by atoms with Crippen molar-refractivity contribution in [2.75, 3.05) is 6.73 Å². The number of nitrogens with zero attached hydrogens (tertiary/aromatic N) is 1. The van der Waals surface area contributed by atoms with Crippen LogP contribution in [0.4, 0.5) is 0 Å². The zero-order valence-corrected chi connectivity index (χ0v) is 16.4. The van der Waals surface area contributed by atoms with Crippen molar-refractivity contribution in [3.05, 3.63) is 99.8 Å². The van der Waals surface area contributed by atoms with E-state index in [9.17, 15) is 4.79 Å². The van der Waals surface area contributed by atoms with Gasteiger partial charge in [-0.05, 0) is 35.4 Å². The summed E-state index contributed by atoms with van der Waals surface area (Å²) >= 11 is 6.31. The Kier molecular flexibility index (Phi) is 4.58. The van der Waals surface area contributed by atoms with Crippen LogP contribution in [0.5, 0.6) is 11.5 Å². The second-order valence-corrected chi connectivity index (χ2v) is 7.53. The highest BCUT2D eigenvalue weighted by Crippen LogP contribution is 2.42. The number of ketones is 1. The van der Waals surface area contributed by atoms with Gasteiger partial charge in [-0.1, -0.05) is 60.1 Å². The minimum absolute atomic E-state index is 0.102. The molecule has 0 fully saturated rings. The smallest absolute Gasteiger partial charge is 0.231 e. The number of carbonyl (C=O) groups is 1. The second-order valence-electron chi connectivity index (χ2n) is 7.12. The molecule has 0 atom stereocenters. The first-order chi connectivity index (χ1) is 14.2. The molecule has 2 aliphatic rings. The van der Waals surface area contributed by atoms with Crippen LogP contribution >= 0.6 is 11.6 Å². The van der Waals surface area contributed by atoms with Crippen molar-refractivity contribution in [1.29, 1.82) is 0 Å². The Labute approximate surface area is 173 Å². The first-order valence-electron chi connectivity index (χ1n) is 9.43. The quantitative estimate of drug-likeness (QED) is 0.555. The van der Waals surface area contributed by atoms with E-state index in [0.29, 0.717) is 36.9 Å². The van der Waals surface area contributed by atoms with Crippen molar-refractivity contribution in [3.8, 4) is 11.5 Å². The third kappa shape index (κ3) is 3.41. The summed E-state index contributed by atoms with van der Waals surface area (Å²) < 4.78 is 12.0. The molecule has 29 heavy (non-hydrogen) atoms. The van der Waals surface area contributed by atoms with E-state index in [1.165, 1.54) is 0 Å². The third-order valence-electron chi connectivity index (χ3n) is 5.13. The van der Waals surface area contributed by atoms with Crippen LogP contribution in [0.15, 0.2) is 72.5 Å². The van der Waals surface area contributed by atoms with Gasteiger partial charge in [-0.3, -0.25) is 9.69 Å². The van der Waals surface area contributed by atoms with Crippen molar-refractivity contribution in [3.63, 3.8) is 0 Å². The van der Waals surface area contributed by atoms with E-state index in [2.05, 4.69) is 4.90 Å². The van der Waals surface area contributed by atoms with Crippen LogP contribution in [0.2, 0.25) is 5.02 Å². The molecule has 0 bridgehead atoms. The van der Waals surface area contributed by atoms with Gasteiger partial charge in [0.15, 0.2) is 5.76 Å². The SMILES string of the molecule is O=C1/C(=C/c2ccccc2)Oc2c1ccc1c2CN(Cc2ccccc2Cl)CO1. The number of halogens is 1. The molecule has 144 valence electrons. The summed E-state index contributed by atoms with van der Waals surface area (Å²) in [4.78, 5) is 15.0. The number of carbonyl (C=O) groups excluding carboxylic acids is 1. The van der Waals surface area contributed by atoms with Crippen LogP contribution in [-0.4, -0.2) is 17.4 Å². The van der Waals surface area contributed by atoms with Crippen LogP contribution in [0.25, 0.3) is 6.08 Å². The van der Waals surface area contributed by atoms with E-state index in [0.717, 1.165) is 27.5 Å². The summed E-state index contributed by atoms with van der Waals surface area (Å²) in [6.07, 6.45) is 1.78. The van der Waals surface area contributed by atoms with Gasteiger partial charge in [0, 0.05) is 18.1 Å². The predicted octanol–water partition coefficient (Wildman–Crippen LogP) is 5.31. The Balaban J connectivity index is 1.44. The summed E-state index contributed by atoms with van der Waals surface area (Å²) in [5.74, 6) is 1.59. The molecule has 0 aliphatic carbocycles. The lowest BCUT2D eigenvalue weighted by Gasteiger charge is -2.30. The maximum absolute atomic E-state index is 12.8. The maximum Gasteiger partial charge on any atom is 0.231 e. The lowest BCUT2D eigenvalue weighted by Crippen LogP contribution is -2.31. The number of allylic oxidation sites excluding steroid dienone is 1. The highest BCUT2D eigenvalue weighted by atomic mass is 35.5. The number of benzene rings is 3. The summed E-state index contributed by atoms with van der Waals surface area (Å²) in [6, 6.07) is 21.1. The molecule has 0 aromatic heterocycles. The van der Waals surface area contributed by atoms with E-state index in [1.54, 1.807) is 12.1 Å². The Hall–Kier alpha value is -3.08. The standard InChI is InChI=1S/C24H18ClNO3/c25-20-9-5-4-8-17(20)13-26-14-19-21(28-15-26)11-10-18-23(27)22(29-24(18)19)12-16-6-2-1-3-7-16/h1-12H,13-15H2/b22-12-. The second kappa shape index (κ2) is 7.39. The fraction of sp³-hybridized carbons (Fsp3) is 0.125. The zero-order chi connectivity index (χ0) is 19.8. The van der Waals surface area contributed by atoms with Crippen LogP contribution in [0.3, 0.4) is 0 Å². The highest BCUT2D eigenvalue weighted by Gasteiger charge is 2.33. The third-order valence-corrected chi connectivity index (χ3v) is 5.50. The van der Waals surface area contributed by atoms with Crippen molar-refractivity contribution in [1.82, 2.24) is 4.90 Å². The molecular formula is C24H18ClNO3. The maximum atomic E-state index is 12.8. The Morgan fingerprint density at radius 1 is 1.00 bits per heavy atom. The lowest BCUT2D eigenvalue weighted by molar-refractivity contribution is 0.0873. The van der Waals surface area contributed by atoms with Crippen LogP contribution < -0.4 is 9.47 Å². The molecule has 0 saturated heterocycles. The van der Waals surface area contributed by atoms with Crippen LogP contribution in [0.1, 0.15) is 27.0 Å². The van der Waals surface area contributed by atoms with Gasteiger partial charge in [-0.25, -0.2) is 0 Å². The van der Waals surface area contributed by atoms with Crippen molar-refractivity contribution < 1.29 is 14.3 Å². The average molecular weight is 404 g/mol. The van der Waals surface area contributed by atoms with Gasteiger partial charge in [0.25, 0.3) is 0 Å². The molecule has 0 spiro atoms. The summed E-state index contributed by atoms with van der Waals surface area (Å²) in [5.41, 5.74) is 3.43. The van der Waals surface area contributed by atoms with E-state index >= 15 is 0 Å². The average Bonchev–Trinajstić information content (AvgIpc) is 3.06. The fourth-order valence-electron chi connectivity index (χ4n) is 3.67. The molecule has 0 N–H and O–H groups in total. The van der Waals surface area contributed by atoms with Crippen molar-refractivity contribution >= 4 is 23.5 Å². The molecule has 2 aliphatic heterocycles. The Bertz CT molecular complexity index is 1120. The first kappa shape index (κ1) is 18.0. The van der Waals surface area contributed by atoms with Crippen LogP contribution in [-0.2, 0) is 13.1 Å². The van der Waals surface area contributed by atoms with Gasteiger partial charge >= 0.3 is 0 Å². The van der Waals surface area contributed by atoms with Gasteiger partial charge in [0.2, 0.25) is 5.78 Å². The van der Waals surface area contributed by atoms with Crippen LogP contribution in [0, 0.1) is 0 Å². The molecule has 0 saturated carbocycles. The Morgan fingerprint density at radius 3 is 2.62 bits per heavy atom. The number of Topliss-reactive ketones (excluding diaryl/α,β-unsaturated/α-hetero) is 1. The number of hydrogen-bond donors (Lipinski definition) is 0. The van der Waals surface area contributed by atoms with Gasteiger partial charge in [0.05, 0.1) is 11.1 Å². The number of fused-ring (bicyclic) bond motifs is 3. The molecule has 5 rings (SSSR count). The molecular weight excluding hydrogens is 386 g/mol. The summed E-state index contributed by atoms with van der Waals surface area (Å²) in [5, 5.41) is 0.732. The zero-order valence-electron chi connectivity index (χ0n) is 15.6. The van der Waals surface area contributed by atoms with Gasteiger partial charge in [-0.15, -0.1) is 0 Å². The summed E-state index contributed by atoms with van der Waals surface area (Å²) in [7, 11) is 0. The Morgan fingerprint density at radius 2 is 1.79 bits per heavy atom. The van der Waals surface area contributed by atoms with Gasteiger partial charge in [0.1, 0.15) is 18.2 Å². The number of ether oxygens (including phenoxy) is 2. The lowest BCUT2D eigenvalue weighted by atomic mass is 10.0. The molecule has 0 radical (unpaired) electrons. The predicted molar refractivity (Wildman–Crippen MR) is 112 cm³/mol. The van der Waals surface area contributed by atoms with Crippen molar-refractivity contribution in [2.45, 2.75) is 13.1 Å². The molecule has 2 heterocycles. The molecule has 5 heteroatoms. The minimum Gasteiger partial charge on any atom is -0.478 e. The topological polar surface area (TPSA) is 38.8 Å². The van der Waals surface area contributed by atoms with E-state index in [-0.39, 0.29) is 5.78 Å². The number of hydrogen-bond acceptors (Lipinski definition) is 4. The molecule has 4 nitrogen and oxygen atoms in total. The monoisotopic (exact) mass is 403 g/mol. The normalized spacial score (nSPS) is 16.9. The van der Waals surface area contributed by atoms with E-state index < -0.39 is 0 Å². The largest absolute Gasteiger partial charge is 0.478 e.